The predicted molar refractivity (Wildman–Crippen MR) is 65.6 cm³/mol. The van der Waals surface area contributed by atoms with E-state index in [2.05, 4.69) is 9.69 Å². The molecule has 1 saturated heterocycles. The Morgan fingerprint density at radius 2 is 2.25 bits per heavy atom. The molecule has 1 aliphatic rings. The molecule has 88 valence electrons. The van der Waals surface area contributed by atoms with Gasteiger partial charge in [-0.2, -0.15) is 4.37 Å². The number of nitrogens with two attached hydrogens (primary N) is 1. The van der Waals surface area contributed by atoms with Crippen molar-refractivity contribution >= 4 is 28.3 Å². The Morgan fingerprint density at radius 1 is 1.56 bits per heavy atom. The molecule has 0 spiro atoms. The van der Waals surface area contributed by atoms with Gasteiger partial charge in [-0.1, -0.05) is 0 Å². The van der Waals surface area contributed by atoms with Crippen molar-refractivity contribution in [3.63, 3.8) is 0 Å². The SMILES string of the molecule is Cc1c(N)nsc1NCC(=O)N1CCCC1. The standard InChI is InChI=1S/C10H16N4OS/c1-7-9(11)13-16-10(7)12-6-8(15)14-4-2-3-5-14/h12H,2-6H2,1H3,(H2,11,13). The van der Waals surface area contributed by atoms with Crippen LogP contribution < -0.4 is 11.1 Å². The molecule has 0 unspecified atom stereocenters. The average molecular weight is 240 g/mol. The Hall–Kier alpha value is -1.30. The molecular weight excluding hydrogens is 224 g/mol. The summed E-state index contributed by atoms with van der Waals surface area (Å²) in [4.78, 5) is 13.6. The van der Waals surface area contributed by atoms with Gasteiger partial charge >= 0.3 is 0 Å². The van der Waals surface area contributed by atoms with E-state index in [1.165, 1.54) is 11.5 Å². The molecule has 0 aliphatic carbocycles. The van der Waals surface area contributed by atoms with E-state index in [1.54, 1.807) is 0 Å². The number of rotatable bonds is 3. The number of hydrogen-bond donors (Lipinski definition) is 2. The molecule has 0 aromatic carbocycles. The van der Waals surface area contributed by atoms with Crippen LogP contribution in [0.2, 0.25) is 0 Å². The summed E-state index contributed by atoms with van der Waals surface area (Å²) in [5.41, 5.74) is 6.56. The summed E-state index contributed by atoms with van der Waals surface area (Å²) in [5.74, 6) is 0.699. The predicted octanol–water partition coefficient (Wildman–Crippen LogP) is 1.07. The topological polar surface area (TPSA) is 71.2 Å². The summed E-state index contributed by atoms with van der Waals surface area (Å²) >= 11 is 1.30. The fraction of sp³-hybridized carbons (Fsp3) is 0.600. The van der Waals surface area contributed by atoms with Gasteiger partial charge in [0.2, 0.25) is 5.91 Å². The van der Waals surface area contributed by atoms with Gasteiger partial charge in [0.15, 0.2) is 0 Å². The van der Waals surface area contributed by atoms with Crippen LogP contribution in [0.4, 0.5) is 10.8 Å². The van der Waals surface area contributed by atoms with Gasteiger partial charge < -0.3 is 16.0 Å². The van der Waals surface area contributed by atoms with Crippen LogP contribution in [-0.4, -0.2) is 34.8 Å². The van der Waals surface area contributed by atoms with Crippen molar-refractivity contribution in [1.29, 1.82) is 0 Å². The Morgan fingerprint density at radius 3 is 2.81 bits per heavy atom. The molecule has 16 heavy (non-hydrogen) atoms. The Kier molecular flexibility index (Phi) is 3.28. The van der Waals surface area contributed by atoms with Crippen molar-refractivity contribution in [2.45, 2.75) is 19.8 Å². The molecule has 0 radical (unpaired) electrons. The maximum atomic E-state index is 11.8. The van der Waals surface area contributed by atoms with E-state index in [0.717, 1.165) is 36.5 Å². The zero-order valence-corrected chi connectivity index (χ0v) is 10.1. The zero-order valence-electron chi connectivity index (χ0n) is 9.32. The number of amides is 1. The van der Waals surface area contributed by atoms with Crippen LogP contribution in [0.15, 0.2) is 0 Å². The Balaban J connectivity index is 1.87. The summed E-state index contributed by atoms with van der Waals surface area (Å²) in [6.45, 7) is 4.03. The molecule has 0 saturated carbocycles. The van der Waals surface area contributed by atoms with E-state index in [4.69, 9.17) is 5.73 Å². The molecule has 1 aromatic heterocycles. The summed E-state index contributed by atoms with van der Waals surface area (Å²) < 4.78 is 4.02. The van der Waals surface area contributed by atoms with Crippen molar-refractivity contribution in [3.8, 4) is 0 Å². The van der Waals surface area contributed by atoms with Gasteiger partial charge in [0.1, 0.15) is 10.8 Å². The first-order chi connectivity index (χ1) is 7.68. The Labute approximate surface area is 98.8 Å². The van der Waals surface area contributed by atoms with Crippen molar-refractivity contribution in [2.24, 2.45) is 0 Å². The fourth-order valence-corrected chi connectivity index (χ4v) is 2.45. The lowest BCUT2D eigenvalue weighted by Crippen LogP contribution is -2.32. The summed E-state index contributed by atoms with van der Waals surface area (Å²) in [7, 11) is 0. The molecule has 0 bridgehead atoms. The molecule has 2 rings (SSSR count). The van der Waals surface area contributed by atoms with Crippen molar-refractivity contribution < 1.29 is 4.79 Å². The first kappa shape index (κ1) is 11.2. The largest absolute Gasteiger partial charge is 0.383 e. The van der Waals surface area contributed by atoms with Crippen molar-refractivity contribution in [2.75, 3.05) is 30.7 Å². The summed E-state index contributed by atoms with van der Waals surface area (Å²) in [6.07, 6.45) is 2.25. The van der Waals surface area contributed by atoms with Crippen LogP contribution in [-0.2, 0) is 4.79 Å². The molecule has 1 aromatic rings. The van der Waals surface area contributed by atoms with Gasteiger partial charge in [-0.25, -0.2) is 0 Å². The number of carbonyl (C=O) groups is 1. The molecule has 3 N–H and O–H groups in total. The lowest BCUT2D eigenvalue weighted by atomic mass is 10.3. The minimum absolute atomic E-state index is 0.156. The third kappa shape index (κ3) is 2.27. The third-order valence-electron chi connectivity index (χ3n) is 2.82. The minimum Gasteiger partial charge on any atom is -0.383 e. The van der Waals surface area contributed by atoms with Gasteiger partial charge in [0.25, 0.3) is 0 Å². The molecule has 6 heteroatoms. The number of nitrogen functional groups attached to an aromatic ring is 1. The highest BCUT2D eigenvalue weighted by Gasteiger charge is 2.18. The van der Waals surface area contributed by atoms with Crippen LogP contribution in [0.25, 0.3) is 0 Å². The number of likely N-dealkylation sites (tertiary alicyclic amines) is 1. The highest BCUT2D eigenvalue weighted by atomic mass is 32.1. The van der Waals surface area contributed by atoms with Gasteiger partial charge in [0.05, 0.1) is 6.54 Å². The lowest BCUT2D eigenvalue weighted by molar-refractivity contribution is -0.128. The van der Waals surface area contributed by atoms with Crippen LogP contribution in [0.5, 0.6) is 0 Å². The van der Waals surface area contributed by atoms with E-state index in [9.17, 15) is 4.79 Å². The molecule has 0 atom stereocenters. The van der Waals surface area contributed by atoms with Crippen LogP contribution in [0.1, 0.15) is 18.4 Å². The normalized spacial score (nSPS) is 15.4. The first-order valence-corrected chi connectivity index (χ1v) is 6.19. The van der Waals surface area contributed by atoms with Crippen molar-refractivity contribution in [3.05, 3.63) is 5.56 Å². The van der Waals surface area contributed by atoms with E-state index in [-0.39, 0.29) is 5.91 Å². The fourth-order valence-electron chi connectivity index (χ4n) is 1.75. The second-order valence-corrected chi connectivity index (χ2v) is 4.74. The highest BCUT2D eigenvalue weighted by molar-refractivity contribution is 7.10. The van der Waals surface area contributed by atoms with Gasteiger partial charge in [0, 0.05) is 18.7 Å². The zero-order chi connectivity index (χ0) is 11.5. The minimum atomic E-state index is 0.156. The van der Waals surface area contributed by atoms with Crippen LogP contribution in [0.3, 0.4) is 0 Å². The molecule has 5 nitrogen and oxygen atoms in total. The van der Waals surface area contributed by atoms with Crippen LogP contribution in [0, 0.1) is 6.92 Å². The van der Waals surface area contributed by atoms with Gasteiger partial charge in [-0.05, 0) is 31.3 Å². The van der Waals surface area contributed by atoms with E-state index >= 15 is 0 Å². The van der Waals surface area contributed by atoms with Crippen molar-refractivity contribution in [1.82, 2.24) is 9.27 Å². The van der Waals surface area contributed by atoms with E-state index < -0.39 is 0 Å². The number of hydrogen-bond acceptors (Lipinski definition) is 5. The Bertz CT molecular complexity index is 384. The van der Waals surface area contributed by atoms with Crippen LogP contribution >= 0.6 is 11.5 Å². The first-order valence-electron chi connectivity index (χ1n) is 5.42. The monoisotopic (exact) mass is 240 g/mol. The third-order valence-corrected chi connectivity index (χ3v) is 3.74. The summed E-state index contributed by atoms with van der Waals surface area (Å²) in [5, 5.41) is 3.99. The summed E-state index contributed by atoms with van der Waals surface area (Å²) in [6, 6.07) is 0. The number of nitrogens with one attached hydrogen (secondary N) is 1. The highest BCUT2D eigenvalue weighted by Crippen LogP contribution is 2.24. The molecule has 1 fully saturated rings. The van der Waals surface area contributed by atoms with Gasteiger partial charge in [-0.3, -0.25) is 4.79 Å². The van der Waals surface area contributed by atoms with E-state index in [0.29, 0.717) is 12.4 Å². The number of anilines is 2. The molecule has 2 heterocycles. The maximum Gasteiger partial charge on any atom is 0.241 e. The van der Waals surface area contributed by atoms with Gasteiger partial charge in [-0.15, -0.1) is 0 Å². The number of nitrogens with zero attached hydrogens (tertiary/aromatic N) is 2. The smallest absolute Gasteiger partial charge is 0.241 e. The molecular formula is C10H16N4OS. The molecule has 1 amide bonds. The quantitative estimate of drug-likeness (QED) is 0.829. The average Bonchev–Trinajstić information content (AvgIpc) is 2.89. The number of aromatic nitrogens is 1. The lowest BCUT2D eigenvalue weighted by Gasteiger charge is -2.15. The second kappa shape index (κ2) is 4.69. The van der Waals surface area contributed by atoms with E-state index in [1.807, 2.05) is 11.8 Å². The second-order valence-electron chi connectivity index (χ2n) is 3.96. The maximum absolute atomic E-state index is 11.8. The molecule has 1 aliphatic heterocycles. The number of carbonyl (C=O) groups excluding carboxylic acids is 1.